The van der Waals surface area contributed by atoms with Gasteiger partial charge in [-0.3, -0.25) is 0 Å². The number of benzene rings is 9. The third-order valence-corrected chi connectivity index (χ3v) is 19.7. The molecule has 0 spiro atoms. The average Bonchev–Trinajstić information content (AvgIpc) is 0.738. The average molecular weight is 1990 g/mol. The van der Waals surface area contributed by atoms with Crippen molar-refractivity contribution in [2.75, 3.05) is 0 Å². The van der Waals surface area contributed by atoms with E-state index in [9.17, 15) is 0 Å². The van der Waals surface area contributed by atoms with Crippen LogP contribution < -0.4 is 0 Å². The van der Waals surface area contributed by atoms with Crippen LogP contribution in [-0.2, 0) is 139 Å². The van der Waals surface area contributed by atoms with Gasteiger partial charge in [0, 0.05) is 34.4 Å². The highest BCUT2D eigenvalue weighted by Crippen LogP contribution is 2.58. The van der Waals surface area contributed by atoms with Gasteiger partial charge in [-0.2, -0.15) is 198 Å². The lowest BCUT2D eigenvalue weighted by atomic mass is 9.72. The maximum absolute atomic E-state index is 17.7. The van der Waals surface area contributed by atoms with Crippen molar-refractivity contribution in [3.8, 4) is 0 Å². The van der Waals surface area contributed by atoms with E-state index in [1.165, 1.54) is 0 Å². The first kappa shape index (κ1) is 106. The van der Waals surface area contributed by atoms with E-state index in [2.05, 4.69) is 0 Å². The van der Waals surface area contributed by atoms with Gasteiger partial charge >= 0.3 is 100.0 Å². The van der Waals surface area contributed by atoms with Gasteiger partial charge in [-0.1, -0.05) is 36.4 Å². The van der Waals surface area contributed by atoms with E-state index in [-0.39, 0.29) is 18.2 Å². The fraction of sp³-hybridized carbons (Fsp3) is 0.308. The highest BCUT2D eigenvalue weighted by atomic mass is 19.5. The van der Waals surface area contributed by atoms with E-state index in [4.69, 9.17) is 29.1 Å². The van der Waals surface area contributed by atoms with E-state index >= 15 is 211 Å². The maximum Gasteiger partial charge on any atom is 0.725 e. The predicted molar refractivity (Wildman–Crippen MR) is 353 cm³/mol. The van der Waals surface area contributed by atoms with Crippen LogP contribution in [0.5, 0.6) is 0 Å². The van der Waals surface area contributed by atoms with E-state index in [0.717, 1.165) is 0 Å². The molecule has 0 bridgehead atoms. The second-order valence-corrected chi connectivity index (χ2v) is 29.0. The fourth-order valence-electron chi connectivity index (χ4n) is 14.0. The molecule has 0 aliphatic carbocycles. The van der Waals surface area contributed by atoms with Crippen LogP contribution in [0.3, 0.4) is 0 Å². The van der Waals surface area contributed by atoms with Crippen molar-refractivity contribution in [3.63, 3.8) is 0 Å². The van der Waals surface area contributed by atoms with Gasteiger partial charge in [-0.05, 0) is 182 Å². The molecule has 3 unspecified atom stereocenters. The van der Waals surface area contributed by atoms with Crippen molar-refractivity contribution >= 4 is 7.32 Å². The summed E-state index contributed by atoms with van der Waals surface area (Å²) in [5.41, 5.74) is -81.8. The molecule has 0 fully saturated rings. The van der Waals surface area contributed by atoms with Crippen molar-refractivity contribution in [1.29, 1.82) is 0 Å². The topological polar surface area (TPSA) is 55.4 Å². The third-order valence-electron chi connectivity index (χ3n) is 19.7. The second-order valence-electron chi connectivity index (χ2n) is 29.0. The van der Waals surface area contributed by atoms with Crippen LogP contribution in [0.25, 0.3) is 0 Å². The first-order chi connectivity index (χ1) is 59.7. The molecular weight excluding hydrogens is 1960 g/mol. The second kappa shape index (κ2) is 35.3. The van der Waals surface area contributed by atoms with Gasteiger partial charge in [0.05, 0.1) is 83.5 Å². The van der Waals surface area contributed by atoms with E-state index in [1.807, 2.05) is 0 Å². The molecule has 133 heavy (non-hydrogen) atoms. The lowest BCUT2D eigenvalue weighted by molar-refractivity contribution is -0.414. The molecule has 0 radical (unpaired) electrons. The summed E-state index contributed by atoms with van der Waals surface area (Å²) in [6.45, 7) is -1.58. The Labute approximate surface area is 708 Å². The maximum atomic E-state index is 17.7. The van der Waals surface area contributed by atoms with Gasteiger partial charge < -0.3 is 0 Å². The normalized spacial score (nSPS) is 15.3. The lowest BCUT2D eigenvalue weighted by Crippen LogP contribution is -2.44. The smallest absolute Gasteiger partial charge is 0.235 e. The molecule has 9 rings (SSSR count). The minimum Gasteiger partial charge on any atom is -0.235 e. The summed E-state index contributed by atoms with van der Waals surface area (Å²) in [4.78, 5) is 29.9. The van der Waals surface area contributed by atoms with Crippen LogP contribution in [0, 0.1) is 17.5 Å². The standard InChI is InChI=1S/C78H39BF48O6/c1-61(49-7-4-10-52(58(49)80)76(119,120)121,55(31-13-37(64(83,84)85)25-38(14-31)65(86,87)88)32-15-39(66(89,90)91)26-40(16-32)67(92,93)94)128-131-79(132-129-62(2,50-8-5-11-53(59(50)81)77(122,123)124)56(33-17-41(68(95,96)97)27-42(18-33)69(98,99)100)34-19-43(70(101,102)103)28-44(20-34)71(104,105)106)133-130-63(3,51-9-6-12-54(60(51)82)78(125,126)127)57(35-21-45(72(107,108)109)29-46(22-35)73(110,111)112)36-23-47(74(113,114)115)30-48(24-36)75(116,117)118/h4-30,55-57H,1-3H3. The number of hydrogen-bond acceptors (Lipinski definition) is 6. The van der Waals surface area contributed by atoms with Crippen molar-refractivity contribution in [3.05, 3.63) is 315 Å². The highest BCUT2D eigenvalue weighted by Gasteiger charge is 2.57. The Morgan fingerprint density at radius 3 is 0.414 bits per heavy atom. The Morgan fingerprint density at radius 2 is 0.301 bits per heavy atom. The minimum atomic E-state index is -6.48. The Hall–Kier alpha value is -10.6. The third kappa shape index (κ3) is 23.5. The summed E-state index contributed by atoms with van der Waals surface area (Å²) in [5.74, 6) is -22.8. The molecule has 9 aromatic rings. The monoisotopic (exact) mass is 1990 g/mol. The summed E-state index contributed by atoms with van der Waals surface area (Å²) < 4.78 is 737. The molecule has 0 saturated heterocycles. The van der Waals surface area contributed by atoms with E-state index < -0.39 is 452 Å². The summed E-state index contributed by atoms with van der Waals surface area (Å²) in [5, 5.41) is 0. The summed E-state index contributed by atoms with van der Waals surface area (Å²) in [6.07, 6.45) is -97.2. The van der Waals surface area contributed by atoms with Crippen LogP contribution in [0.15, 0.2) is 164 Å². The molecule has 0 aliphatic rings. The molecule has 0 aliphatic heterocycles. The van der Waals surface area contributed by atoms with Gasteiger partial charge in [0.2, 0.25) is 0 Å². The zero-order valence-corrected chi connectivity index (χ0v) is 64.0. The highest BCUT2D eigenvalue weighted by molar-refractivity contribution is 6.35. The molecule has 0 N–H and O–H groups in total. The molecule has 9 aromatic carbocycles. The number of hydrogen-bond donors (Lipinski definition) is 0. The van der Waals surface area contributed by atoms with Crippen LogP contribution in [-0.4, -0.2) is 7.32 Å². The van der Waals surface area contributed by atoms with Crippen LogP contribution in [0.4, 0.5) is 211 Å². The quantitative estimate of drug-likeness (QED) is 0.0309. The van der Waals surface area contributed by atoms with Crippen LogP contribution in [0.1, 0.15) is 172 Å². The number of alkyl halides is 45. The first-order valence-electron chi connectivity index (χ1n) is 35.1. The van der Waals surface area contributed by atoms with Crippen LogP contribution in [0.2, 0.25) is 0 Å². The molecule has 726 valence electrons. The van der Waals surface area contributed by atoms with Gasteiger partial charge in [0.1, 0.15) is 34.3 Å². The van der Waals surface area contributed by atoms with Gasteiger partial charge in [-0.25, -0.2) is 42.2 Å². The fourth-order valence-corrected chi connectivity index (χ4v) is 14.0. The van der Waals surface area contributed by atoms with Gasteiger partial charge in [0.25, 0.3) is 0 Å². The Balaban J connectivity index is 1.57. The van der Waals surface area contributed by atoms with Crippen LogP contribution >= 0.6 is 0 Å². The lowest BCUT2D eigenvalue weighted by Gasteiger charge is -2.41. The summed E-state index contributed by atoms with van der Waals surface area (Å²) >= 11 is 0. The van der Waals surface area contributed by atoms with Gasteiger partial charge in [-0.15, -0.1) is 0 Å². The molecule has 55 heteroatoms. The van der Waals surface area contributed by atoms with E-state index in [0.29, 0.717) is 0 Å². The Morgan fingerprint density at radius 1 is 0.180 bits per heavy atom. The molecular formula is C78H39BF48O6. The Bertz CT molecular complexity index is 4780. The zero-order valence-electron chi connectivity index (χ0n) is 64.0. The Kier molecular flexibility index (Phi) is 28.2. The minimum absolute atomic E-state index is 0.256. The van der Waals surface area contributed by atoms with Gasteiger partial charge in [0.15, 0.2) is 0 Å². The molecule has 0 amide bonds. The molecule has 6 nitrogen and oxygen atoms in total. The zero-order chi connectivity index (χ0) is 101. The largest absolute Gasteiger partial charge is 0.725 e. The molecule has 0 saturated carbocycles. The van der Waals surface area contributed by atoms with Crippen molar-refractivity contribution in [1.82, 2.24) is 0 Å². The molecule has 0 aromatic heterocycles. The number of halogens is 48. The summed E-state index contributed by atoms with van der Waals surface area (Å²) in [7, 11) is -5.16. The SMILES string of the molecule is CC(OOB(OOC(C)(c1cccc(C(F)(F)F)c1F)C(c1cc(C(F)(F)F)cc(C(F)(F)F)c1)c1cc(C(F)(F)F)cc(C(F)(F)F)c1)OOC(C)(c1cccc(C(F)(F)F)c1F)C(c1cc(C(F)(F)F)cc(C(F)(F)F)c1)c1cc(C(F)(F)F)cc(C(F)(F)F)c1)(c1cccc(C(F)(F)F)c1F)C(c1cc(C(F)(F)F)cc(C(F)(F)F)c1)c1cc(C(F)(F)F)cc(C(F)(F)F)c1. The molecule has 3 atom stereocenters. The van der Waals surface area contributed by atoms with Crippen molar-refractivity contribution in [2.24, 2.45) is 0 Å². The predicted octanol–water partition coefficient (Wildman–Crippen LogP) is 30.8. The van der Waals surface area contributed by atoms with Crippen molar-refractivity contribution < 1.29 is 240 Å². The first-order valence-corrected chi connectivity index (χ1v) is 35.1. The van der Waals surface area contributed by atoms with Crippen molar-refractivity contribution in [2.45, 2.75) is 148 Å². The number of rotatable bonds is 21. The van der Waals surface area contributed by atoms with E-state index in [1.54, 1.807) is 0 Å². The molecule has 0 heterocycles. The summed E-state index contributed by atoms with van der Waals surface area (Å²) in [6, 6.07) is -20.0.